The fourth-order valence-electron chi connectivity index (χ4n) is 6.09. The average molecular weight is 620 g/mol. The molecule has 11 nitrogen and oxygen atoms in total. The van der Waals surface area contributed by atoms with Gasteiger partial charge in [0.05, 0.1) is 75.7 Å². The Morgan fingerprint density at radius 3 is 2.33 bits per heavy atom. The molecule has 1 aromatic carbocycles. The van der Waals surface area contributed by atoms with E-state index in [1.54, 1.807) is 7.11 Å². The number of nitrogens with zero attached hydrogens (tertiary/aromatic N) is 2. The molecule has 0 radical (unpaired) electrons. The molecule has 0 spiro atoms. The van der Waals surface area contributed by atoms with Gasteiger partial charge in [0.2, 0.25) is 0 Å². The van der Waals surface area contributed by atoms with Crippen LogP contribution in [0.2, 0.25) is 0 Å². The predicted octanol–water partition coefficient (Wildman–Crippen LogP) is 3.67. The van der Waals surface area contributed by atoms with Crippen LogP contribution in [0, 0.1) is 11.8 Å². The highest BCUT2D eigenvalue weighted by Gasteiger charge is 2.53. The molecule has 2 aromatic rings. The molecule has 5 rings (SSSR count). The summed E-state index contributed by atoms with van der Waals surface area (Å²) in [6, 6.07) is 3.95. The second kappa shape index (κ2) is 15.2. The number of rotatable bonds is 18. The normalized spacial score (nSPS) is 23.5. The van der Waals surface area contributed by atoms with Crippen LogP contribution in [0.3, 0.4) is 0 Å². The van der Waals surface area contributed by atoms with Gasteiger partial charge in [0.15, 0.2) is 5.78 Å². The number of nitrogens with one attached hydrogen (secondary N) is 1. The van der Waals surface area contributed by atoms with Crippen LogP contribution in [0.5, 0.6) is 5.19 Å². The van der Waals surface area contributed by atoms with Crippen molar-refractivity contribution in [2.45, 2.75) is 44.6 Å². The molecular weight excluding hydrogens is 574 g/mol. The van der Waals surface area contributed by atoms with E-state index in [1.165, 1.54) is 24.2 Å². The van der Waals surface area contributed by atoms with Gasteiger partial charge >= 0.3 is 6.09 Å². The SMILES string of the molecule is COCCOCCOCCOCCOCCNC(=O)Oc1nc2cc3c(cc2s1)C(=O)[C@@H]1[C@H](C)[C@@]3(C)CCN1CC1CC1. The third kappa shape index (κ3) is 8.10. The summed E-state index contributed by atoms with van der Waals surface area (Å²) in [6.45, 7) is 11.1. The molecule has 2 aliphatic carbocycles. The first kappa shape index (κ1) is 32.2. The van der Waals surface area contributed by atoms with Crippen molar-refractivity contribution >= 4 is 33.4 Å². The topological polar surface area (TPSA) is 118 Å². The third-order valence-electron chi connectivity index (χ3n) is 8.88. The summed E-state index contributed by atoms with van der Waals surface area (Å²) in [7, 11) is 1.64. The number of likely N-dealkylation sites (tertiary alicyclic amines) is 1. The van der Waals surface area contributed by atoms with Gasteiger partial charge in [-0.25, -0.2) is 9.78 Å². The van der Waals surface area contributed by atoms with E-state index < -0.39 is 6.09 Å². The van der Waals surface area contributed by atoms with Crippen LogP contribution in [0.1, 0.15) is 49.0 Å². The van der Waals surface area contributed by atoms with Crippen LogP contribution in [-0.2, 0) is 29.1 Å². The van der Waals surface area contributed by atoms with Crippen molar-refractivity contribution in [2.75, 3.05) is 86.2 Å². The number of Topliss-reactive ketones (excluding diaryl/α,β-unsaturated/α-hetero) is 1. The van der Waals surface area contributed by atoms with Crippen molar-refractivity contribution in [3.05, 3.63) is 23.3 Å². The lowest BCUT2D eigenvalue weighted by molar-refractivity contribution is -0.00743. The number of carbonyl (C=O) groups is 2. The number of piperidine rings is 1. The highest BCUT2D eigenvalue weighted by atomic mass is 32.1. The van der Waals surface area contributed by atoms with E-state index in [0.717, 1.165) is 46.8 Å². The minimum absolute atomic E-state index is 0.0662. The number of ketones is 1. The van der Waals surface area contributed by atoms with Gasteiger partial charge in [-0.3, -0.25) is 9.69 Å². The smallest absolute Gasteiger partial charge is 0.382 e. The first-order valence-electron chi connectivity index (χ1n) is 15.4. The Morgan fingerprint density at radius 1 is 1.02 bits per heavy atom. The molecule has 1 aliphatic heterocycles. The zero-order valence-electron chi connectivity index (χ0n) is 25.6. The molecule has 12 heteroatoms. The standard InChI is InChI=1S/C31H45N3O8S/c1-21-27-28(35)23-18-26-25(19-24(23)31(21,2)6-8-34(27)20-22-4-5-22)33-30(43-26)42-29(36)32-7-9-38-12-13-40-16-17-41-15-14-39-11-10-37-3/h18-19,21-22,27H,4-17,20H2,1-3H3,(H,32,36)/t21-,27-,31+/m0/s1. The molecule has 2 fully saturated rings. The maximum absolute atomic E-state index is 13.8. The van der Waals surface area contributed by atoms with Gasteiger partial charge in [-0.1, -0.05) is 25.2 Å². The van der Waals surface area contributed by atoms with Crippen LogP contribution in [0.15, 0.2) is 12.1 Å². The zero-order chi connectivity index (χ0) is 30.2. The number of aromatic nitrogens is 1. The fraction of sp³-hybridized carbons (Fsp3) is 0.710. The molecule has 1 saturated carbocycles. The first-order valence-corrected chi connectivity index (χ1v) is 16.2. The third-order valence-corrected chi connectivity index (χ3v) is 9.78. The fourth-order valence-corrected chi connectivity index (χ4v) is 6.93. The molecule has 2 heterocycles. The number of thiazole rings is 1. The van der Waals surface area contributed by atoms with Crippen LogP contribution in [0.4, 0.5) is 4.79 Å². The number of amides is 1. The van der Waals surface area contributed by atoms with E-state index in [2.05, 4.69) is 29.0 Å². The quantitative estimate of drug-likeness (QED) is 0.248. The number of ether oxygens (including phenoxy) is 6. The Morgan fingerprint density at radius 2 is 1.67 bits per heavy atom. The molecule has 2 bridgehead atoms. The number of methoxy groups -OCH3 is 1. The van der Waals surface area contributed by atoms with Gasteiger partial charge < -0.3 is 33.7 Å². The van der Waals surface area contributed by atoms with E-state index in [9.17, 15) is 9.59 Å². The van der Waals surface area contributed by atoms with Crippen molar-refractivity contribution in [1.29, 1.82) is 0 Å². The molecule has 3 aliphatic rings. The van der Waals surface area contributed by atoms with Crippen LogP contribution >= 0.6 is 11.3 Å². The molecule has 1 saturated heterocycles. The number of carbonyl (C=O) groups excluding carboxylic acids is 2. The van der Waals surface area contributed by atoms with Gasteiger partial charge in [0, 0.05) is 25.8 Å². The second-order valence-corrected chi connectivity index (χ2v) is 12.8. The summed E-state index contributed by atoms with van der Waals surface area (Å²) < 4.78 is 32.9. The van der Waals surface area contributed by atoms with Gasteiger partial charge in [-0.15, -0.1) is 0 Å². The molecule has 3 atom stereocenters. The van der Waals surface area contributed by atoms with E-state index in [0.29, 0.717) is 66.0 Å². The minimum Gasteiger partial charge on any atom is -0.382 e. The molecule has 43 heavy (non-hydrogen) atoms. The van der Waals surface area contributed by atoms with Crippen LogP contribution in [-0.4, -0.2) is 114 Å². The Kier molecular flexibility index (Phi) is 11.4. The highest BCUT2D eigenvalue weighted by Crippen LogP contribution is 2.50. The monoisotopic (exact) mass is 619 g/mol. The molecule has 1 amide bonds. The Labute approximate surface area is 257 Å². The Hall–Kier alpha value is -2.19. The maximum atomic E-state index is 13.8. The summed E-state index contributed by atoms with van der Waals surface area (Å²) in [5.41, 5.74) is 2.56. The highest BCUT2D eigenvalue weighted by molar-refractivity contribution is 7.20. The van der Waals surface area contributed by atoms with Crippen LogP contribution < -0.4 is 10.1 Å². The largest absolute Gasteiger partial charge is 0.414 e. The van der Waals surface area contributed by atoms with Gasteiger partial charge in [0.25, 0.3) is 5.19 Å². The van der Waals surface area contributed by atoms with E-state index >= 15 is 0 Å². The Balaban J connectivity index is 1.02. The van der Waals surface area contributed by atoms with E-state index in [-0.39, 0.29) is 28.4 Å². The summed E-state index contributed by atoms with van der Waals surface area (Å²) in [6.07, 6.45) is 3.00. The van der Waals surface area contributed by atoms with Gasteiger partial charge in [-0.05, 0) is 60.8 Å². The first-order chi connectivity index (χ1) is 20.9. The average Bonchev–Trinajstić information content (AvgIpc) is 3.72. The maximum Gasteiger partial charge on any atom is 0.414 e. The van der Waals surface area contributed by atoms with Crippen molar-refractivity contribution in [3.8, 4) is 5.19 Å². The van der Waals surface area contributed by atoms with Crippen LogP contribution in [0.25, 0.3) is 10.2 Å². The molecule has 1 aromatic heterocycles. The molecular formula is C31H45N3O8S. The summed E-state index contributed by atoms with van der Waals surface area (Å²) in [5.74, 6) is 1.20. The summed E-state index contributed by atoms with van der Waals surface area (Å²) in [4.78, 5) is 33.1. The lowest BCUT2D eigenvalue weighted by atomic mass is 9.58. The molecule has 1 N–H and O–H groups in total. The molecule has 238 valence electrons. The summed E-state index contributed by atoms with van der Waals surface area (Å²) >= 11 is 1.28. The van der Waals surface area contributed by atoms with Crippen molar-refractivity contribution in [3.63, 3.8) is 0 Å². The minimum atomic E-state index is -0.588. The van der Waals surface area contributed by atoms with Crippen molar-refractivity contribution < 1.29 is 38.0 Å². The predicted molar refractivity (Wildman–Crippen MR) is 162 cm³/mol. The lowest BCUT2D eigenvalue weighted by Crippen LogP contribution is -2.61. The number of hydrogen-bond donors (Lipinski definition) is 1. The Bertz CT molecular complexity index is 1240. The summed E-state index contributed by atoms with van der Waals surface area (Å²) in [5, 5.41) is 2.95. The number of benzene rings is 1. The van der Waals surface area contributed by atoms with Gasteiger partial charge in [0.1, 0.15) is 0 Å². The zero-order valence-corrected chi connectivity index (χ0v) is 26.4. The number of hydrogen-bond acceptors (Lipinski definition) is 11. The van der Waals surface area contributed by atoms with Gasteiger partial charge in [-0.2, -0.15) is 0 Å². The number of fused-ring (bicyclic) bond motifs is 5. The van der Waals surface area contributed by atoms with Crippen molar-refractivity contribution in [1.82, 2.24) is 15.2 Å². The molecule has 0 unspecified atom stereocenters. The van der Waals surface area contributed by atoms with Crippen molar-refractivity contribution in [2.24, 2.45) is 11.8 Å². The second-order valence-electron chi connectivity index (χ2n) is 11.8. The van der Waals surface area contributed by atoms with E-state index in [1.807, 2.05) is 12.1 Å². The van der Waals surface area contributed by atoms with E-state index in [4.69, 9.17) is 28.4 Å². The lowest BCUT2D eigenvalue weighted by Gasteiger charge is -2.53.